The van der Waals surface area contributed by atoms with Gasteiger partial charge in [-0.25, -0.2) is 0 Å². The minimum atomic E-state index is 0.0579. The van der Waals surface area contributed by atoms with Crippen molar-refractivity contribution in [1.29, 1.82) is 0 Å². The topological polar surface area (TPSA) is 17.1 Å². The molecule has 0 heterocycles. The van der Waals surface area contributed by atoms with E-state index in [1.54, 1.807) is 6.08 Å². The molecule has 1 heteroatoms. The van der Waals surface area contributed by atoms with Gasteiger partial charge in [0.15, 0.2) is 0 Å². The van der Waals surface area contributed by atoms with E-state index < -0.39 is 0 Å². The fourth-order valence-corrected chi connectivity index (χ4v) is 4.83. The fraction of sp³-hybridized carbons (Fsp3) is 0.300. The third-order valence-electron chi connectivity index (χ3n) is 6.59. The van der Waals surface area contributed by atoms with Gasteiger partial charge in [-0.3, -0.25) is 4.79 Å². The molecule has 0 fully saturated rings. The van der Waals surface area contributed by atoms with Gasteiger partial charge in [-0.15, -0.1) is 0 Å². The maximum atomic E-state index is 10.5. The summed E-state index contributed by atoms with van der Waals surface area (Å²) in [5.41, 5.74) is 6.61. The van der Waals surface area contributed by atoms with Crippen LogP contribution < -0.4 is 0 Å². The second-order valence-corrected chi connectivity index (χ2v) is 9.23. The molecular formula is C30H34O. The van der Waals surface area contributed by atoms with Crippen molar-refractivity contribution in [2.75, 3.05) is 0 Å². The van der Waals surface area contributed by atoms with Gasteiger partial charge >= 0.3 is 0 Å². The van der Waals surface area contributed by atoms with Crippen LogP contribution in [0.1, 0.15) is 58.9 Å². The average Bonchev–Trinajstić information content (AvgIpc) is 2.73. The van der Waals surface area contributed by atoms with Gasteiger partial charge in [-0.2, -0.15) is 0 Å². The second-order valence-electron chi connectivity index (χ2n) is 9.23. The highest BCUT2D eigenvalue weighted by Crippen LogP contribution is 2.51. The second kappa shape index (κ2) is 9.92. The lowest BCUT2D eigenvalue weighted by Crippen LogP contribution is -2.28. The normalized spacial score (nSPS) is 20.2. The minimum absolute atomic E-state index is 0.0579. The highest BCUT2D eigenvalue weighted by molar-refractivity contribution is 5.86. The molecule has 1 unspecified atom stereocenters. The molecule has 31 heavy (non-hydrogen) atoms. The monoisotopic (exact) mass is 410 g/mol. The van der Waals surface area contributed by atoms with Crippen molar-refractivity contribution in [1.82, 2.24) is 0 Å². The molecule has 2 aromatic carbocycles. The van der Waals surface area contributed by atoms with Crippen molar-refractivity contribution in [2.45, 2.75) is 53.4 Å². The van der Waals surface area contributed by atoms with E-state index in [0.717, 1.165) is 18.3 Å². The summed E-state index contributed by atoms with van der Waals surface area (Å²) in [4.78, 5) is 10.5. The van der Waals surface area contributed by atoms with Crippen LogP contribution in [0.5, 0.6) is 0 Å². The summed E-state index contributed by atoms with van der Waals surface area (Å²) in [6, 6.07) is 15.5. The number of hydrogen-bond donors (Lipinski definition) is 0. The SMILES string of the molecule is CC1=C(/C=C/C(C)=C/C=C/C(C)=C/C=O)C(C)(C)C(c2cccc3ccccc23)CC1. The van der Waals surface area contributed by atoms with E-state index in [1.165, 1.54) is 39.5 Å². The molecule has 1 aliphatic rings. The highest BCUT2D eigenvalue weighted by atomic mass is 16.1. The third-order valence-corrected chi connectivity index (χ3v) is 6.59. The molecule has 1 aliphatic carbocycles. The van der Waals surface area contributed by atoms with Crippen LogP contribution in [-0.4, -0.2) is 6.29 Å². The van der Waals surface area contributed by atoms with Crippen LogP contribution in [0.15, 0.2) is 101 Å². The van der Waals surface area contributed by atoms with E-state index in [2.05, 4.69) is 88.4 Å². The molecule has 1 nitrogen and oxygen atoms in total. The van der Waals surface area contributed by atoms with Gasteiger partial charge in [0, 0.05) is 0 Å². The minimum Gasteiger partial charge on any atom is -0.299 e. The van der Waals surface area contributed by atoms with Crippen LogP contribution in [0, 0.1) is 5.41 Å². The Balaban J connectivity index is 1.90. The highest BCUT2D eigenvalue weighted by Gasteiger charge is 2.37. The maximum Gasteiger partial charge on any atom is 0.143 e. The summed E-state index contributed by atoms with van der Waals surface area (Å²) in [7, 11) is 0. The summed E-state index contributed by atoms with van der Waals surface area (Å²) in [5, 5.41) is 2.70. The van der Waals surface area contributed by atoms with Gasteiger partial charge in [0.05, 0.1) is 0 Å². The molecule has 0 radical (unpaired) electrons. The van der Waals surface area contributed by atoms with Crippen molar-refractivity contribution in [3.63, 3.8) is 0 Å². The largest absolute Gasteiger partial charge is 0.299 e. The number of rotatable bonds is 6. The molecular weight excluding hydrogens is 376 g/mol. The van der Waals surface area contributed by atoms with Crippen LogP contribution in [0.2, 0.25) is 0 Å². The molecule has 2 aromatic rings. The lowest BCUT2D eigenvalue weighted by Gasteiger charge is -2.42. The van der Waals surface area contributed by atoms with Crippen LogP contribution in [0.25, 0.3) is 10.8 Å². The van der Waals surface area contributed by atoms with Crippen molar-refractivity contribution in [3.05, 3.63) is 107 Å². The van der Waals surface area contributed by atoms with Gasteiger partial charge in [-0.05, 0) is 78.5 Å². The smallest absolute Gasteiger partial charge is 0.143 e. The first-order valence-corrected chi connectivity index (χ1v) is 11.2. The third kappa shape index (κ3) is 5.22. The zero-order chi connectivity index (χ0) is 22.4. The lowest BCUT2D eigenvalue weighted by atomic mass is 9.62. The molecule has 1 atom stereocenters. The van der Waals surface area contributed by atoms with Gasteiger partial charge < -0.3 is 0 Å². The Hall–Kier alpha value is -2.93. The van der Waals surface area contributed by atoms with Crippen LogP contribution in [0.4, 0.5) is 0 Å². The Bertz CT molecular complexity index is 1100. The predicted octanol–water partition coefficient (Wildman–Crippen LogP) is 8.26. The molecule has 0 aromatic heterocycles. The Morgan fingerprint density at radius 3 is 2.45 bits per heavy atom. The number of benzene rings is 2. The van der Waals surface area contributed by atoms with Crippen molar-refractivity contribution in [2.24, 2.45) is 5.41 Å². The van der Waals surface area contributed by atoms with E-state index in [4.69, 9.17) is 0 Å². The van der Waals surface area contributed by atoms with Gasteiger partial charge in [0.2, 0.25) is 0 Å². The van der Waals surface area contributed by atoms with Crippen molar-refractivity contribution in [3.8, 4) is 0 Å². The Labute approximate surface area is 187 Å². The van der Waals surface area contributed by atoms with Gasteiger partial charge in [-0.1, -0.05) is 97.8 Å². The summed E-state index contributed by atoms with van der Waals surface area (Å²) in [5.74, 6) is 0.488. The zero-order valence-electron chi connectivity index (χ0n) is 19.5. The standard InChI is InChI=1S/C30H34O/c1-22(10-8-11-23(2)20-21-31)16-18-28-24(3)17-19-29(30(28,4)5)27-15-9-13-25-12-6-7-14-26(25)27/h6-16,18,20-21,29H,17,19H2,1-5H3/b11-8+,18-16+,22-10+,23-20+. The van der Waals surface area contributed by atoms with E-state index in [1.807, 2.05) is 19.1 Å². The summed E-state index contributed by atoms with van der Waals surface area (Å²) >= 11 is 0. The molecule has 0 aliphatic heterocycles. The number of carbonyl (C=O) groups is 1. The molecule has 0 bridgehead atoms. The molecule has 160 valence electrons. The average molecular weight is 411 g/mol. The number of carbonyl (C=O) groups excluding carboxylic acids is 1. The molecule has 0 saturated carbocycles. The van der Waals surface area contributed by atoms with Gasteiger partial charge in [0.25, 0.3) is 0 Å². The number of hydrogen-bond acceptors (Lipinski definition) is 1. The fourth-order valence-electron chi connectivity index (χ4n) is 4.83. The van der Waals surface area contributed by atoms with E-state index in [9.17, 15) is 4.79 Å². The summed E-state index contributed by atoms with van der Waals surface area (Å²) in [6.07, 6.45) is 15.3. The van der Waals surface area contributed by atoms with Crippen LogP contribution in [0.3, 0.4) is 0 Å². The van der Waals surface area contributed by atoms with E-state index >= 15 is 0 Å². The quantitative estimate of drug-likeness (QED) is 0.266. The number of allylic oxidation sites excluding steroid dienone is 10. The first-order chi connectivity index (χ1) is 14.8. The van der Waals surface area contributed by atoms with E-state index in [0.29, 0.717) is 5.92 Å². The first kappa shape index (κ1) is 22.7. The maximum absolute atomic E-state index is 10.5. The molecule has 0 amide bonds. The van der Waals surface area contributed by atoms with E-state index in [-0.39, 0.29) is 5.41 Å². The zero-order valence-corrected chi connectivity index (χ0v) is 19.5. The van der Waals surface area contributed by atoms with Gasteiger partial charge in [0.1, 0.15) is 6.29 Å². The predicted molar refractivity (Wildman–Crippen MR) is 134 cm³/mol. The summed E-state index contributed by atoms with van der Waals surface area (Å²) in [6.45, 7) is 11.1. The molecule has 0 spiro atoms. The summed E-state index contributed by atoms with van der Waals surface area (Å²) < 4.78 is 0. The Morgan fingerprint density at radius 2 is 1.68 bits per heavy atom. The first-order valence-electron chi connectivity index (χ1n) is 11.2. The van der Waals surface area contributed by atoms with Crippen molar-refractivity contribution >= 4 is 17.1 Å². The van der Waals surface area contributed by atoms with Crippen molar-refractivity contribution < 1.29 is 4.79 Å². The molecule has 0 saturated heterocycles. The Morgan fingerprint density at radius 1 is 0.968 bits per heavy atom. The Kier molecular flexibility index (Phi) is 7.28. The lowest BCUT2D eigenvalue weighted by molar-refractivity contribution is -0.104. The number of fused-ring (bicyclic) bond motifs is 1. The molecule has 3 rings (SSSR count). The molecule has 0 N–H and O–H groups in total. The van der Waals surface area contributed by atoms with Crippen LogP contribution >= 0.6 is 0 Å². The van der Waals surface area contributed by atoms with Crippen LogP contribution in [-0.2, 0) is 4.79 Å². The number of aldehydes is 1.